The summed E-state index contributed by atoms with van der Waals surface area (Å²) in [6.07, 6.45) is -6.36. The highest BCUT2D eigenvalue weighted by Gasteiger charge is 2.65. The summed E-state index contributed by atoms with van der Waals surface area (Å²) in [4.78, 5) is 11.5. The van der Waals surface area contributed by atoms with Crippen molar-refractivity contribution in [1.29, 1.82) is 0 Å². The third-order valence-electron chi connectivity index (χ3n) is 4.47. The number of halogens is 4. The Balaban J connectivity index is 2.60. The molecule has 0 saturated carbocycles. The third-order valence-corrected chi connectivity index (χ3v) is 4.77. The van der Waals surface area contributed by atoms with Crippen molar-refractivity contribution in [3.8, 4) is 5.75 Å². The summed E-state index contributed by atoms with van der Waals surface area (Å²) in [5.74, 6) is -3.49. The van der Waals surface area contributed by atoms with E-state index >= 15 is 0 Å². The van der Waals surface area contributed by atoms with Gasteiger partial charge in [0, 0.05) is 17.4 Å². The van der Waals surface area contributed by atoms with E-state index in [0.717, 1.165) is 6.92 Å². The minimum absolute atomic E-state index is 0.160. The molecule has 1 aromatic carbocycles. The molecule has 0 amide bonds. The lowest BCUT2D eigenvalue weighted by Crippen LogP contribution is -2.47. The number of ether oxygens (including phenoxy) is 2. The smallest absolute Gasteiger partial charge is 0.417 e. The van der Waals surface area contributed by atoms with E-state index in [0.29, 0.717) is 0 Å². The van der Waals surface area contributed by atoms with Crippen LogP contribution < -0.4 is 4.74 Å². The Morgan fingerprint density at radius 1 is 1.43 bits per heavy atom. The average molecular weight is 353 g/mol. The van der Waals surface area contributed by atoms with Crippen molar-refractivity contribution >= 4 is 17.6 Å². The van der Waals surface area contributed by atoms with Crippen LogP contribution in [0.15, 0.2) is 18.2 Å². The van der Waals surface area contributed by atoms with Gasteiger partial charge in [-0.25, -0.2) is 4.79 Å². The summed E-state index contributed by atoms with van der Waals surface area (Å²) in [7, 11) is 1.32. The largest absolute Gasteiger partial charge is 0.495 e. The van der Waals surface area contributed by atoms with Crippen molar-refractivity contribution in [2.75, 3.05) is 7.11 Å². The first kappa shape index (κ1) is 17.9. The average Bonchev–Trinajstić information content (AvgIpc) is 2.72. The number of carbonyl (C=O) groups is 1. The lowest BCUT2D eigenvalue weighted by atomic mass is 9.77. The second-order valence-corrected chi connectivity index (χ2v) is 6.07. The molecule has 1 saturated heterocycles. The first-order valence-corrected chi connectivity index (χ1v) is 7.22. The van der Waals surface area contributed by atoms with Gasteiger partial charge in [0.25, 0.3) is 0 Å². The maximum absolute atomic E-state index is 13.4. The summed E-state index contributed by atoms with van der Waals surface area (Å²) < 4.78 is 50.4. The number of benzene rings is 1. The minimum atomic E-state index is -4.71. The normalized spacial score (nSPS) is 31.2. The zero-order valence-electron chi connectivity index (χ0n) is 12.6. The molecule has 8 heteroatoms. The number of alkyl halides is 3. The number of hydrogen-bond acceptors (Lipinski definition) is 3. The van der Waals surface area contributed by atoms with Crippen molar-refractivity contribution < 1.29 is 32.5 Å². The molecule has 0 spiro atoms. The Morgan fingerprint density at radius 2 is 2.04 bits per heavy atom. The number of hydrogen-bond donors (Lipinski definition) is 1. The highest BCUT2D eigenvalue weighted by Crippen LogP contribution is 2.55. The first-order chi connectivity index (χ1) is 10.5. The van der Waals surface area contributed by atoms with Crippen LogP contribution in [0.4, 0.5) is 13.2 Å². The van der Waals surface area contributed by atoms with E-state index in [-0.39, 0.29) is 16.3 Å². The molecule has 4 unspecified atom stereocenters. The molecule has 4 atom stereocenters. The van der Waals surface area contributed by atoms with Gasteiger partial charge >= 0.3 is 12.1 Å². The van der Waals surface area contributed by atoms with Crippen LogP contribution in [0.5, 0.6) is 5.75 Å². The Bertz CT molecular complexity index is 619. The lowest BCUT2D eigenvalue weighted by molar-refractivity contribution is -0.273. The highest BCUT2D eigenvalue weighted by atomic mass is 35.5. The van der Waals surface area contributed by atoms with Gasteiger partial charge in [-0.3, -0.25) is 0 Å². The summed E-state index contributed by atoms with van der Waals surface area (Å²) in [5.41, 5.74) is -2.29. The van der Waals surface area contributed by atoms with Gasteiger partial charge in [-0.1, -0.05) is 30.7 Å². The minimum Gasteiger partial charge on any atom is -0.495 e. The Morgan fingerprint density at radius 3 is 2.52 bits per heavy atom. The molecule has 1 fully saturated rings. The zero-order valence-corrected chi connectivity index (χ0v) is 13.4. The van der Waals surface area contributed by atoms with Gasteiger partial charge in [0.15, 0.2) is 11.7 Å². The molecule has 1 aromatic rings. The number of methoxy groups -OCH3 is 1. The maximum atomic E-state index is 13.4. The van der Waals surface area contributed by atoms with Crippen LogP contribution in [0, 0.1) is 5.92 Å². The molecular weight excluding hydrogens is 337 g/mol. The first-order valence-electron chi connectivity index (χ1n) is 6.84. The summed E-state index contributed by atoms with van der Waals surface area (Å²) in [6, 6.07) is 4.56. The van der Waals surface area contributed by atoms with E-state index in [1.165, 1.54) is 32.2 Å². The van der Waals surface area contributed by atoms with Gasteiger partial charge < -0.3 is 14.6 Å². The molecule has 128 valence electrons. The molecule has 0 radical (unpaired) electrons. The van der Waals surface area contributed by atoms with Crippen LogP contribution in [0.25, 0.3) is 0 Å². The second-order valence-electron chi connectivity index (χ2n) is 5.66. The molecule has 0 bridgehead atoms. The number of para-hydroxylation sites is 1. The van der Waals surface area contributed by atoms with Crippen molar-refractivity contribution in [1.82, 2.24) is 0 Å². The Kier molecular flexibility index (Phi) is 4.56. The Hall–Kier alpha value is -1.47. The van der Waals surface area contributed by atoms with Crippen LogP contribution in [-0.4, -0.2) is 36.1 Å². The fraction of sp³-hybridized carbons (Fsp3) is 0.533. The topological polar surface area (TPSA) is 55.8 Å². The molecule has 1 N–H and O–H groups in total. The standard InChI is InChI=1S/C15H16ClF3O4/c1-7-10(8-5-4-6-9(16)11(8)22-3)12(13(20)21)23-14(7,2)15(17,18)19/h4-7,10,12H,1-3H3,(H,20,21). The van der Waals surface area contributed by atoms with Gasteiger partial charge in [0.1, 0.15) is 5.75 Å². The molecule has 1 aliphatic rings. The van der Waals surface area contributed by atoms with Crippen molar-refractivity contribution in [2.24, 2.45) is 5.92 Å². The summed E-state index contributed by atoms with van der Waals surface area (Å²) in [5, 5.41) is 9.52. The zero-order chi connectivity index (χ0) is 17.6. The van der Waals surface area contributed by atoms with Gasteiger partial charge in [-0.2, -0.15) is 13.2 Å². The van der Waals surface area contributed by atoms with Crippen molar-refractivity contribution in [2.45, 2.75) is 37.6 Å². The molecule has 1 aliphatic heterocycles. The SMILES string of the molecule is COc1c(Cl)cccc1C1C(C(=O)O)OC(C)(C(F)(F)F)C1C. The van der Waals surface area contributed by atoms with E-state index in [1.807, 2.05) is 0 Å². The van der Waals surface area contributed by atoms with Crippen LogP contribution in [0.1, 0.15) is 25.3 Å². The maximum Gasteiger partial charge on any atom is 0.417 e. The molecular formula is C15H16ClF3O4. The van der Waals surface area contributed by atoms with Crippen LogP contribution >= 0.6 is 11.6 Å². The van der Waals surface area contributed by atoms with Crippen molar-refractivity contribution in [3.05, 3.63) is 28.8 Å². The van der Waals surface area contributed by atoms with Crippen LogP contribution in [0.3, 0.4) is 0 Å². The summed E-state index contributed by atoms with van der Waals surface area (Å²) in [6.45, 7) is 2.19. The molecule has 4 nitrogen and oxygen atoms in total. The van der Waals surface area contributed by atoms with E-state index in [2.05, 4.69) is 0 Å². The second kappa shape index (κ2) is 5.87. The molecule has 0 aromatic heterocycles. The number of rotatable bonds is 3. The summed E-state index contributed by atoms with van der Waals surface area (Å²) >= 11 is 6.01. The van der Waals surface area contributed by atoms with Gasteiger partial charge in [0.05, 0.1) is 12.1 Å². The van der Waals surface area contributed by atoms with Gasteiger partial charge in [-0.05, 0) is 13.0 Å². The predicted molar refractivity (Wildman–Crippen MR) is 76.9 cm³/mol. The fourth-order valence-electron chi connectivity index (χ4n) is 3.01. The van der Waals surface area contributed by atoms with Gasteiger partial charge in [-0.15, -0.1) is 0 Å². The van der Waals surface area contributed by atoms with Gasteiger partial charge in [0.2, 0.25) is 0 Å². The van der Waals surface area contributed by atoms with Crippen LogP contribution in [0.2, 0.25) is 5.02 Å². The van der Waals surface area contributed by atoms with E-state index in [1.54, 1.807) is 0 Å². The van der Waals surface area contributed by atoms with E-state index < -0.39 is 35.7 Å². The fourth-order valence-corrected chi connectivity index (χ4v) is 3.27. The van der Waals surface area contributed by atoms with E-state index in [4.69, 9.17) is 21.1 Å². The number of carboxylic acids is 1. The number of aliphatic carboxylic acids is 1. The molecule has 1 heterocycles. The quantitative estimate of drug-likeness (QED) is 0.897. The highest BCUT2D eigenvalue weighted by molar-refractivity contribution is 6.32. The molecule has 2 rings (SSSR count). The Labute approximate surface area is 136 Å². The number of carboxylic acid groups (broad SMARTS) is 1. The van der Waals surface area contributed by atoms with E-state index in [9.17, 15) is 23.1 Å². The van der Waals surface area contributed by atoms with Crippen LogP contribution in [-0.2, 0) is 9.53 Å². The molecule has 0 aliphatic carbocycles. The molecule has 23 heavy (non-hydrogen) atoms. The predicted octanol–water partition coefficient (Wildman–Crippen LogP) is 3.87. The van der Waals surface area contributed by atoms with Crippen molar-refractivity contribution in [3.63, 3.8) is 0 Å². The third kappa shape index (κ3) is 2.76. The monoisotopic (exact) mass is 352 g/mol. The lowest BCUT2D eigenvalue weighted by Gasteiger charge is -2.32.